The molecule has 0 aliphatic heterocycles. The standard InChI is InChI=1S/C12H23ClO7/c13-1-2-16-3-4-17-5-6-18-7-8-19-9-10-20-11-12(14)15/h1-11H2,(H,14,15). The highest BCUT2D eigenvalue weighted by atomic mass is 35.5. The molecule has 0 saturated carbocycles. The monoisotopic (exact) mass is 314 g/mol. The minimum atomic E-state index is -0.985. The molecule has 0 amide bonds. The summed E-state index contributed by atoms with van der Waals surface area (Å²) in [6.07, 6.45) is 0. The van der Waals surface area contributed by atoms with Crippen molar-refractivity contribution in [1.29, 1.82) is 0 Å². The maximum atomic E-state index is 10.1. The molecule has 8 heteroatoms. The first kappa shape index (κ1) is 19.6. The molecule has 20 heavy (non-hydrogen) atoms. The normalized spacial score (nSPS) is 10.8. The zero-order chi connectivity index (χ0) is 14.9. The summed E-state index contributed by atoms with van der Waals surface area (Å²) in [6.45, 7) is 3.81. The van der Waals surface area contributed by atoms with Crippen LogP contribution in [-0.2, 0) is 28.5 Å². The molecule has 0 saturated heterocycles. The molecule has 0 rings (SSSR count). The summed E-state index contributed by atoms with van der Waals surface area (Å²) in [6, 6.07) is 0. The lowest BCUT2D eigenvalue weighted by atomic mass is 10.7. The SMILES string of the molecule is O=C(O)COCCOCCOCCOCCOCCCl. The fraction of sp³-hybridized carbons (Fsp3) is 0.917. The number of hydrogen-bond acceptors (Lipinski definition) is 6. The summed E-state index contributed by atoms with van der Waals surface area (Å²) in [7, 11) is 0. The first-order valence-corrected chi connectivity index (χ1v) is 6.97. The van der Waals surface area contributed by atoms with Crippen molar-refractivity contribution >= 4 is 17.6 Å². The molecule has 0 aromatic carbocycles. The zero-order valence-electron chi connectivity index (χ0n) is 11.6. The van der Waals surface area contributed by atoms with E-state index in [2.05, 4.69) is 0 Å². The minimum absolute atomic E-state index is 0.262. The van der Waals surface area contributed by atoms with E-state index in [9.17, 15) is 4.79 Å². The van der Waals surface area contributed by atoms with Crippen LogP contribution in [0.15, 0.2) is 0 Å². The van der Waals surface area contributed by atoms with Crippen molar-refractivity contribution in [2.24, 2.45) is 0 Å². The highest BCUT2D eigenvalue weighted by Gasteiger charge is 1.96. The summed E-state index contributed by atoms with van der Waals surface area (Å²) < 4.78 is 25.6. The highest BCUT2D eigenvalue weighted by molar-refractivity contribution is 6.17. The van der Waals surface area contributed by atoms with Gasteiger partial charge in [0.05, 0.1) is 59.5 Å². The summed E-state index contributed by atoms with van der Waals surface area (Å²) >= 11 is 5.43. The predicted octanol–water partition coefficient (Wildman–Crippen LogP) is 0.393. The van der Waals surface area contributed by atoms with Crippen LogP contribution in [0.25, 0.3) is 0 Å². The third-order valence-corrected chi connectivity index (χ3v) is 2.09. The summed E-state index contributed by atoms with van der Waals surface area (Å²) in [5.74, 6) is -0.494. The molecule has 0 fully saturated rings. The lowest BCUT2D eigenvalue weighted by Gasteiger charge is -2.07. The van der Waals surface area contributed by atoms with Gasteiger partial charge in [-0.3, -0.25) is 0 Å². The number of carbonyl (C=O) groups is 1. The van der Waals surface area contributed by atoms with Gasteiger partial charge in [0.2, 0.25) is 0 Å². The van der Waals surface area contributed by atoms with Gasteiger partial charge in [0.1, 0.15) is 6.61 Å². The molecule has 0 heterocycles. The first-order chi connectivity index (χ1) is 9.77. The second-order valence-electron chi connectivity index (χ2n) is 3.58. The Morgan fingerprint density at radius 3 is 1.40 bits per heavy atom. The van der Waals surface area contributed by atoms with Crippen molar-refractivity contribution < 1.29 is 33.6 Å². The number of halogens is 1. The van der Waals surface area contributed by atoms with Gasteiger partial charge in [0, 0.05) is 5.88 Å². The van der Waals surface area contributed by atoms with E-state index in [1.807, 2.05) is 0 Å². The summed E-state index contributed by atoms with van der Waals surface area (Å²) in [5, 5.41) is 8.31. The lowest BCUT2D eigenvalue weighted by molar-refractivity contribution is -0.142. The third-order valence-electron chi connectivity index (χ3n) is 1.94. The average molecular weight is 315 g/mol. The van der Waals surface area contributed by atoms with Crippen molar-refractivity contribution in [2.45, 2.75) is 0 Å². The van der Waals surface area contributed by atoms with E-state index in [1.54, 1.807) is 0 Å². The maximum absolute atomic E-state index is 10.1. The van der Waals surface area contributed by atoms with E-state index in [0.717, 1.165) is 0 Å². The van der Waals surface area contributed by atoms with E-state index in [-0.39, 0.29) is 13.2 Å². The van der Waals surface area contributed by atoms with Gasteiger partial charge in [-0.1, -0.05) is 0 Å². The average Bonchev–Trinajstić information content (AvgIpc) is 2.43. The number of aliphatic carboxylic acids is 1. The molecule has 0 aromatic heterocycles. The number of ether oxygens (including phenoxy) is 5. The third kappa shape index (κ3) is 17.6. The van der Waals surface area contributed by atoms with Crippen molar-refractivity contribution in [2.75, 3.05) is 71.9 Å². The quantitative estimate of drug-likeness (QED) is 0.326. The summed E-state index contributed by atoms with van der Waals surface area (Å²) in [4.78, 5) is 10.1. The van der Waals surface area contributed by atoms with E-state index in [0.29, 0.717) is 58.7 Å². The fourth-order valence-corrected chi connectivity index (χ4v) is 1.20. The van der Waals surface area contributed by atoms with Crippen LogP contribution in [-0.4, -0.2) is 83.0 Å². The predicted molar refractivity (Wildman–Crippen MR) is 72.5 cm³/mol. The van der Waals surface area contributed by atoms with Gasteiger partial charge in [-0.15, -0.1) is 11.6 Å². The maximum Gasteiger partial charge on any atom is 0.329 e. The van der Waals surface area contributed by atoms with Crippen molar-refractivity contribution in [1.82, 2.24) is 0 Å². The molecule has 0 aliphatic carbocycles. The Bertz CT molecular complexity index is 216. The van der Waals surface area contributed by atoms with Crippen LogP contribution in [0.4, 0.5) is 0 Å². The van der Waals surface area contributed by atoms with Gasteiger partial charge in [-0.2, -0.15) is 0 Å². The van der Waals surface area contributed by atoms with Crippen LogP contribution in [0.1, 0.15) is 0 Å². The molecule has 0 radical (unpaired) electrons. The van der Waals surface area contributed by atoms with Crippen LogP contribution in [0.5, 0.6) is 0 Å². The van der Waals surface area contributed by atoms with Crippen LogP contribution in [0, 0.1) is 0 Å². The van der Waals surface area contributed by atoms with Crippen molar-refractivity contribution in [3.63, 3.8) is 0 Å². The van der Waals surface area contributed by atoms with Crippen molar-refractivity contribution in [3.05, 3.63) is 0 Å². The Balaban J connectivity index is 2.94. The minimum Gasteiger partial charge on any atom is -0.480 e. The number of carboxylic acids is 1. The van der Waals surface area contributed by atoms with E-state index < -0.39 is 5.97 Å². The van der Waals surface area contributed by atoms with Gasteiger partial charge < -0.3 is 28.8 Å². The van der Waals surface area contributed by atoms with E-state index >= 15 is 0 Å². The molecule has 0 spiro atoms. The number of alkyl halides is 1. The Morgan fingerprint density at radius 1 is 0.700 bits per heavy atom. The summed E-state index contributed by atoms with van der Waals surface area (Å²) in [5.41, 5.74) is 0. The van der Waals surface area contributed by atoms with Crippen LogP contribution in [0.3, 0.4) is 0 Å². The zero-order valence-corrected chi connectivity index (χ0v) is 12.3. The molecule has 0 unspecified atom stereocenters. The Kier molecular flexibility index (Phi) is 16.2. The molecule has 0 aromatic rings. The Hall–Kier alpha value is -0.440. The molecular formula is C12H23ClO7. The number of rotatable bonds is 16. The second kappa shape index (κ2) is 16.6. The largest absolute Gasteiger partial charge is 0.480 e. The van der Waals surface area contributed by atoms with Gasteiger partial charge in [-0.25, -0.2) is 4.79 Å². The Morgan fingerprint density at radius 2 is 1.05 bits per heavy atom. The van der Waals surface area contributed by atoms with E-state index in [1.165, 1.54) is 0 Å². The highest BCUT2D eigenvalue weighted by Crippen LogP contribution is 1.84. The topological polar surface area (TPSA) is 83.5 Å². The molecule has 120 valence electrons. The number of carboxylic acid groups (broad SMARTS) is 1. The van der Waals surface area contributed by atoms with Crippen molar-refractivity contribution in [3.8, 4) is 0 Å². The van der Waals surface area contributed by atoms with Crippen LogP contribution >= 0.6 is 11.6 Å². The Labute approximate surface area is 124 Å². The van der Waals surface area contributed by atoms with Gasteiger partial charge in [-0.05, 0) is 0 Å². The van der Waals surface area contributed by atoms with Crippen LogP contribution < -0.4 is 0 Å². The van der Waals surface area contributed by atoms with Gasteiger partial charge >= 0.3 is 5.97 Å². The second-order valence-corrected chi connectivity index (χ2v) is 3.96. The molecular weight excluding hydrogens is 292 g/mol. The molecule has 0 bridgehead atoms. The van der Waals surface area contributed by atoms with Gasteiger partial charge in [0.25, 0.3) is 0 Å². The fourth-order valence-electron chi connectivity index (χ4n) is 1.09. The van der Waals surface area contributed by atoms with E-state index in [4.69, 9.17) is 40.4 Å². The van der Waals surface area contributed by atoms with Gasteiger partial charge in [0.15, 0.2) is 0 Å². The smallest absolute Gasteiger partial charge is 0.329 e. The molecule has 0 atom stereocenters. The molecule has 1 N–H and O–H groups in total. The molecule has 7 nitrogen and oxygen atoms in total. The number of hydrogen-bond donors (Lipinski definition) is 1. The van der Waals surface area contributed by atoms with Crippen LogP contribution in [0.2, 0.25) is 0 Å². The lowest BCUT2D eigenvalue weighted by Crippen LogP contribution is -2.14. The first-order valence-electron chi connectivity index (χ1n) is 6.44. The molecule has 0 aliphatic rings.